The first kappa shape index (κ1) is 22.0. The first-order chi connectivity index (χ1) is 15.5. The average Bonchev–Trinajstić information content (AvgIpc) is 3.47. The normalized spacial score (nSPS) is 15.4. The molecule has 1 amide bonds. The number of nitrogens with one attached hydrogen (secondary N) is 1. The van der Waals surface area contributed by atoms with Crippen molar-refractivity contribution in [1.29, 1.82) is 0 Å². The van der Waals surface area contributed by atoms with Gasteiger partial charge < -0.3 is 14.3 Å². The van der Waals surface area contributed by atoms with E-state index < -0.39 is 4.92 Å². The number of aryl methyl sites for hydroxylation is 1. The number of piperidine rings is 1. The van der Waals surface area contributed by atoms with E-state index >= 15 is 0 Å². The van der Waals surface area contributed by atoms with Crippen LogP contribution in [0.15, 0.2) is 57.4 Å². The summed E-state index contributed by atoms with van der Waals surface area (Å²) in [7, 11) is 1.76. The second-order valence-corrected chi connectivity index (χ2v) is 8.61. The molecule has 3 heterocycles. The van der Waals surface area contributed by atoms with Crippen molar-refractivity contribution in [3.63, 3.8) is 0 Å². The molecule has 1 N–H and O–H groups in total. The maximum Gasteiger partial charge on any atom is 0.284 e. The van der Waals surface area contributed by atoms with Crippen LogP contribution in [0.2, 0.25) is 0 Å². The number of nitrogens with zero attached hydrogens (tertiary/aromatic N) is 5. The van der Waals surface area contributed by atoms with Gasteiger partial charge in [-0.25, -0.2) is 0 Å². The Kier molecular flexibility index (Phi) is 6.86. The number of hydrogen-bond donors (Lipinski definition) is 1. The molecular formula is C21H24N6O4S. The SMILES string of the molecule is Cn1cnnc1Sc1ccc(C(=O)NCC(c2ccco2)N2CCCCC2)cc1[N+](=O)[O-]. The van der Waals surface area contributed by atoms with E-state index in [1.165, 1.54) is 18.8 Å². The van der Waals surface area contributed by atoms with E-state index in [-0.39, 0.29) is 23.2 Å². The zero-order valence-corrected chi connectivity index (χ0v) is 18.5. The summed E-state index contributed by atoms with van der Waals surface area (Å²) in [6, 6.07) is 8.14. The number of carbonyl (C=O) groups is 1. The second-order valence-electron chi connectivity index (χ2n) is 7.60. The standard InChI is InChI=1S/C21H24N6O4S/c1-25-14-23-24-21(25)32-19-8-7-15(12-16(19)27(29)30)20(28)22-13-17(18-6-5-11-31-18)26-9-3-2-4-10-26/h5-8,11-12,14,17H,2-4,9-10,13H2,1H3,(H,22,28). The Labute approximate surface area is 189 Å². The molecule has 3 aromatic rings. The summed E-state index contributed by atoms with van der Waals surface area (Å²) in [5.74, 6) is 0.436. The van der Waals surface area contributed by atoms with Gasteiger partial charge in [-0.15, -0.1) is 10.2 Å². The molecule has 1 aliphatic rings. The van der Waals surface area contributed by atoms with Crippen LogP contribution >= 0.6 is 11.8 Å². The Morgan fingerprint density at radius 3 is 2.78 bits per heavy atom. The number of rotatable bonds is 8. The van der Waals surface area contributed by atoms with E-state index in [0.717, 1.165) is 43.5 Å². The predicted molar refractivity (Wildman–Crippen MR) is 117 cm³/mol. The molecule has 1 unspecified atom stereocenters. The second kappa shape index (κ2) is 9.96. The third-order valence-corrected chi connectivity index (χ3v) is 6.57. The molecule has 10 nitrogen and oxygen atoms in total. The van der Waals surface area contributed by atoms with Crippen LogP contribution < -0.4 is 5.32 Å². The maximum atomic E-state index is 12.8. The quantitative estimate of drug-likeness (QED) is 0.404. The highest BCUT2D eigenvalue weighted by Crippen LogP contribution is 2.34. The lowest BCUT2D eigenvalue weighted by molar-refractivity contribution is -0.387. The van der Waals surface area contributed by atoms with E-state index in [9.17, 15) is 14.9 Å². The summed E-state index contributed by atoms with van der Waals surface area (Å²) in [6.45, 7) is 2.25. The van der Waals surface area contributed by atoms with Crippen LogP contribution in [0.1, 0.15) is 41.4 Å². The lowest BCUT2D eigenvalue weighted by Gasteiger charge is -2.33. The van der Waals surface area contributed by atoms with Crippen LogP contribution in [0, 0.1) is 10.1 Å². The fourth-order valence-electron chi connectivity index (χ4n) is 3.76. The van der Waals surface area contributed by atoms with Gasteiger partial charge in [0, 0.05) is 25.2 Å². The summed E-state index contributed by atoms with van der Waals surface area (Å²) in [6.07, 6.45) is 6.58. The van der Waals surface area contributed by atoms with Crippen LogP contribution in [0.5, 0.6) is 0 Å². The molecule has 1 fully saturated rings. The van der Waals surface area contributed by atoms with Crippen LogP contribution in [-0.4, -0.2) is 50.1 Å². The van der Waals surface area contributed by atoms with Gasteiger partial charge in [0.25, 0.3) is 11.6 Å². The summed E-state index contributed by atoms with van der Waals surface area (Å²) < 4.78 is 7.29. The number of aromatic nitrogens is 3. The lowest BCUT2D eigenvalue weighted by Crippen LogP contribution is -2.40. The third-order valence-electron chi connectivity index (χ3n) is 5.45. The Bertz CT molecular complexity index is 1080. The van der Waals surface area contributed by atoms with Crippen molar-refractivity contribution in [2.45, 2.75) is 35.4 Å². The van der Waals surface area contributed by atoms with Crippen molar-refractivity contribution in [3.05, 3.63) is 64.4 Å². The zero-order chi connectivity index (χ0) is 22.5. The van der Waals surface area contributed by atoms with Crippen molar-refractivity contribution in [2.75, 3.05) is 19.6 Å². The number of hydrogen-bond acceptors (Lipinski definition) is 8. The van der Waals surface area contributed by atoms with Gasteiger partial charge in [0.05, 0.1) is 22.1 Å². The fourth-order valence-corrected chi connectivity index (χ4v) is 4.61. The number of benzene rings is 1. The van der Waals surface area contributed by atoms with E-state index in [1.807, 2.05) is 12.1 Å². The molecule has 0 bridgehead atoms. The number of amides is 1. The monoisotopic (exact) mass is 456 g/mol. The maximum absolute atomic E-state index is 12.8. The number of likely N-dealkylation sites (tertiary alicyclic amines) is 1. The Morgan fingerprint density at radius 1 is 1.31 bits per heavy atom. The number of furan rings is 1. The van der Waals surface area contributed by atoms with Crippen LogP contribution in [0.25, 0.3) is 0 Å². The minimum absolute atomic E-state index is 0.0741. The molecule has 168 valence electrons. The Balaban J connectivity index is 1.49. The van der Waals surface area contributed by atoms with Crippen molar-refractivity contribution < 1.29 is 14.1 Å². The van der Waals surface area contributed by atoms with Gasteiger partial charge in [-0.3, -0.25) is 19.8 Å². The highest BCUT2D eigenvalue weighted by molar-refractivity contribution is 7.99. The number of carbonyl (C=O) groups excluding carboxylic acids is 1. The van der Waals surface area contributed by atoms with Crippen LogP contribution in [-0.2, 0) is 7.05 Å². The Hall–Kier alpha value is -3.18. The van der Waals surface area contributed by atoms with Gasteiger partial charge in [-0.05, 0) is 62.0 Å². The van der Waals surface area contributed by atoms with Crippen molar-refractivity contribution in [3.8, 4) is 0 Å². The molecule has 1 saturated heterocycles. The first-order valence-electron chi connectivity index (χ1n) is 10.4. The molecular weight excluding hydrogens is 432 g/mol. The highest BCUT2D eigenvalue weighted by atomic mass is 32.2. The largest absolute Gasteiger partial charge is 0.468 e. The number of nitro groups is 1. The topological polar surface area (TPSA) is 119 Å². The minimum Gasteiger partial charge on any atom is -0.468 e. The van der Waals surface area contributed by atoms with Gasteiger partial charge in [0.1, 0.15) is 12.1 Å². The summed E-state index contributed by atoms with van der Waals surface area (Å²) in [4.78, 5) is 26.7. The summed E-state index contributed by atoms with van der Waals surface area (Å²) >= 11 is 1.13. The van der Waals surface area contributed by atoms with E-state index in [2.05, 4.69) is 20.4 Å². The van der Waals surface area contributed by atoms with E-state index in [1.54, 1.807) is 30.0 Å². The summed E-state index contributed by atoms with van der Waals surface area (Å²) in [5.41, 5.74) is 0.0834. The first-order valence-corrected chi connectivity index (χ1v) is 11.2. The average molecular weight is 457 g/mol. The Morgan fingerprint density at radius 2 is 2.12 bits per heavy atom. The predicted octanol–water partition coefficient (Wildman–Crippen LogP) is 3.42. The van der Waals surface area contributed by atoms with E-state index in [4.69, 9.17) is 4.42 Å². The molecule has 11 heteroatoms. The highest BCUT2D eigenvalue weighted by Gasteiger charge is 2.26. The van der Waals surface area contributed by atoms with Crippen molar-refractivity contribution in [2.24, 2.45) is 7.05 Å². The fraction of sp³-hybridized carbons (Fsp3) is 0.381. The van der Waals surface area contributed by atoms with Crippen molar-refractivity contribution >= 4 is 23.4 Å². The molecule has 0 radical (unpaired) electrons. The molecule has 32 heavy (non-hydrogen) atoms. The van der Waals surface area contributed by atoms with Gasteiger partial charge >= 0.3 is 0 Å². The molecule has 0 spiro atoms. The van der Waals surface area contributed by atoms with Gasteiger partial charge in [0.15, 0.2) is 5.16 Å². The van der Waals surface area contributed by atoms with E-state index in [0.29, 0.717) is 16.6 Å². The molecule has 0 saturated carbocycles. The molecule has 1 atom stereocenters. The zero-order valence-electron chi connectivity index (χ0n) is 17.6. The van der Waals surface area contributed by atoms with Crippen molar-refractivity contribution in [1.82, 2.24) is 25.0 Å². The molecule has 4 rings (SSSR count). The minimum atomic E-state index is -0.491. The lowest BCUT2D eigenvalue weighted by atomic mass is 10.1. The molecule has 1 aliphatic heterocycles. The van der Waals surface area contributed by atoms with Crippen LogP contribution in [0.4, 0.5) is 5.69 Å². The molecule has 1 aromatic carbocycles. The van der Waals surface area contributed by atoms with Crippen LogP contribution in [0.3, 0.4) is 0 Å². The smallest absolute Gasteiger partial charge is 0.284 e. The molecule has 2 aromatic heterocycles. The van der Waals surface area contributed by atoms with Gasteiger partial charge in [0.2, 0.25) is 0 Å². The van der Waals surface area contributed by atoms with Gasteiger partial charge in [-0.2, -0.15) is 0 Å². The number of nitro benzene ring substituents is 1. The third kappa shape index (κ3) is 5.00. The summed E-state index contributed by atoms with van der Waals surface area (Å²) in [5, 5.41) is 22.8. The van der Waals surface area contributed by atoms with Gasteiger partial charge in [-0.1, -0.05) is 6.42 Å². The molecule has 0 aliphatic carbocycles.